The Hall–Kier alpha value is -1.32. The van der Waals surface area contributed by atoms with E-state index in [-0.39, 0.29) is 24.8 Å². The van der Waals surface area contributed by atoms with Gasteiger partial charge in [0.15, 0.2) is 0 Å². The fourth-order valence-electron chi connectivity index (χ4n) is 2.19. The molecule has 4 heteroatoms. The Bertz CT molecular complexity index is 348. The molecular formula is C20H36O4. The van der Waals surface area contributed by atoms with Crippen LogP contribution >= 0.6 is 0 Å². The first-order valence-corrected chi connectivity index (χ1v) is 9.52. The lowest BCUT2D eigenvalue weighted by Gasteiger charge is -2.06. The lowest BCUT2D eigenvalue weighted by molar-refractivity contribution is -0.145. The quantitative estimate of drug-likeness (QED) is 0.233. The maximum atomic E-state index is 11.5. The first-order chi connectivity index (χ1) is 11.6. The van der Waals surface area contributed by atoms with Crippen LogP contribution in [-0.2, 0) is 19.1 Å². The highest BCUT2D eigenvalue weighted by molar-refractivity contribution is 5.72. The van der Waals surface area contributed by atoms with E-state index >= 15 is 0 Å². The fraction of sp³-hybridized carbons (Fsp3) is 0.800. The normalized spacial score (nSPS) is 11.2. The number of carbonyl (C=O) groups is 2. The fourth-order valence-corrected chi connectivity index (χ4v) is 2.19. The van der Waals surface area contributed by atoms with Crippen molar-refractivity contribution in [3.8, 4) is 0 Å². The van der Waals surface area contributed by atoms with Crippen LogP contribution in [0.15, 0.2) is 12.2 Å². The monoisotopic (exact) mass is 340 g/mol. The van der Waals surface area contributed by atoms with Crippen molar-refractivity contribution in [1.29, 1.82) is 0 Å². The van der Waals surface area contributed by atoms with Gasteiger partial charge in [0, 0.05) is 12.8 Å². The minimum Gasteiger partial charge on any atom is -0.466 e. The molecule has 0 amide bonds. The van der Waals surface area contributed by atoms with Crippen LogP contribution in [0.4, 0.5) is 0 Å². The molecule has 0 saturated heterocycles. The number of unbranched alkanes of at least 4 members (excludes halogenated alkanes) is 3. The van der Waals surface area contributed by atoms with Gasteiger partial charge < -0.3 is 9.47 Å². The van der Waals surface area contributed by atoms with Gasteiger partial charge >= 0.3 is 11.9 Å². The number of hydrogen-bond donors (Lipinski definition) is 0. The van der Waals surface area contributed by atoms with Crippen LogP contribution in [0.25, 0.3) is 0 Å². The van der Waals surface area contributed by atoms with E-state index in [2.05, 4.69) is 32.9 Å². The third kappa shape index (κ3) is 17.0. The Morgan fingerprint density at radius 1 is 0.833 bits per heavy atom. The van der Waals surface area contributed by atoms with Crippen LogP contribution < -0.4 is 0 Å². The molecule has 0 spiro atoms. The lowest BCUT2D eigenvalue weighted by atomic mass is 10.1. The number of hydrogen-bond acceptors (Lipinski definition) is 4. The summed E-state index contributed by atoms with van der Waals surface area (Å²) in [6, 6.07) is 0. The lowest BCUT2D eigenvalue weighted by Crippen LogP contribution is -2.09. The van der Waals surface area contributed by atoms with Crippen molar-refractivity contribution in [1.82, 2.24) is 0 Å². The van der Waals surface area contributed by atoms with Crippen molar-refractivity contribution in [2.75, 3.05) is 13.2 Å². The molecule has 0 fully saturated rings. The third-order valence-corrected chi connectivity index (χ3v) is 3.64. The Morgan fingerprint density at radius 3 is 2.08 bits per heavy atom. The molecule has 0 N–H and O–H groups in total. The van der Waals surface area contributed by atoms with Gasteiger partial charge in [0.2, 0.25) is 0 Å². The Balaban J connectivity index is 3.44. The van der Waals surface area contributed by atoms with Gasteiger partial charge in [0.1, 0.15) is 0 Å². The highest BCUT2D eigenvalue weighted by Crippen LogP contribution is 2.05. The van der Waals surface area contributed by atoms with Crippen LogP contribution in [0.5, 0.6) is 0 Å². The summed E-state index contributed by atoms with van der Waals surface area (Å²) in [5.41, 5.74) is 0. The van der Waals surface area contributed by atoms with Crippen molar-refractivity contribution >= 4 is 11.9 Å². The molecule has 0 rings (SSSR count). The van der Waals surface area contributed by atoms with Crippen LogP contribution in [-0.4, -0.2) is 25.2 Å². The summed E-state index contributed by atoms with van der Waals surface area (Å²) in [5.74, 6) is 0.174. The largest absolute Gasteiger partial charge is 0.466 e. The molecule has 0 aliphatic rings. The van der Waals surface area contributed by atoms with E-state index in [0.29, 0.717) is 25.6 Å². The summed E-state index contributed by atoms with van der Waals surface area (Å²) in [5, 5.41) is 0. The van der Waals surface area contributed by atoms with Crippen molar-refractivity contribution in [2.45, 2.75) is 85.0 Å². The number of esters is 2. The zero-order valence-electron chi connectivity index (χ0n) is 15.9. The maximum absolute atomic E-state index is 11.5. The predicted molar refractivity (Wildman–Crippen MR) is 97.7 cm³/mol. The predicted octanol–water partition coefficient (Wildman–Crippen LogP) is 5.21. The van der Waals surface area contributed by atoms with Crippen molar-refractivity contribution < 1.29 is 19.1 Å². The van der Waals surface area contributed by atoms with E-state index in [1.54, 1.807) is 0 Å². The second kappa shape index (κ2) is 16.5. The van der Waals surface area contributed by atoms with E-state index in [4.69, 9.17) is 9.47 Å². The van der Waals surface area contributed by atoms with Crippen LogP contribution in [0, 0.1) is 5.92 Å². The molecule has 24 heavy (non-hydrogen) atoms. The highest BCUT2D eigenvalue weighted by atomic mass is 16.5. The summed E-state index contributed by atoms with van der Waals surface area (Å²) in [4.78, 5) is 23.0. The highest BCUT2D eigenvalue weighted by Gasteiger charge is 2.07. The van der Waals surface area contributed by atoms with Gasteiger partial charge in [-0.3, -0.25) is 9.59 Å². The molecule has 0 saturated carbocycles. The molecule has 0 unspecified atom stereocenters. The van der Waals surface area contributed by atoms with Gasteiger partial charge in [0.25, 0.3) is 0 Å². The van der Waals surface area contributed by atoms with Crippen LogP contribution in [0.3, 0.4) is 0 Å². The number of rotatable bonds is 15. The SMILES string of the molecule is CCCCC/C=C\CCOC(=O)CCCC(=O)OCCCC(C)C. The molecule has 0 bridgehead atoms. The second-order valence-corrected chi connectivity index (χ2v) is 6.59. The van der Waals surface area contributed by atoms with Gasteiger partial charge in [-0.15, -0.1) is 0 Å². The van der Waals surface area contributed by atoms with Crippen LogP contribution in [0.2, 0.25) is 0 Å². The first kappa shape index (κ1) is 22.7. The molecule has 0 aromatic heterocycles. The Morgan fingerprint density at radius 2 is 1.46 bits per heavy atom. The van der Waals surface area contributed by atoms with Gasteiger partial charge in [0.05, 0.1) is 13.2 Å². The molecule has 4 nitrogen and oxygen atoms in total. The van der Waals surface area contributed by atoms with Crippen molar-refractivity contribution in [2.24, 2.45) is 5.92 Å². The summed E-state index contributed by atoms with van der Waals surface area (Å²) < 4.78 is 10.3. The van der Waals surface area contributed by atoms with E-state index in [1.807, 2.05) is 0 Å². The molecule has 0 radical (unpaired) electrons. The first-order valence-electron chi connectivity index (χ1n) is 9.52. The van der Waals surface area contributed by atoms with E-state index in [1.165, 1.54) is 19.3 Å². The zero-order chi connectivity index (χ0) is 18.0. The Labute approximate surface area is 148 Å². The molecule has 0 aliphatic carbocycles. The van der Waals surface area contributed by atoms with Crippen molar-refractivity contribution in [3.05, 3.63) is 12.2 Å². The molecule has 0 aromatic rings. The van der Waals surface area contributed by atoms with E-state index in [0.717, 1.165) is 25.7 Å². The minimum atomic E-state index is -0.234. The molecule has 0 aliphatic heterocycles. The third-order valence-electron chi connectivity index (χ3n) is 3.64. The summed E-state index contributed by atoms with van der Waals surface area (Å²) in [7, 11) is 0. The zero-order valence-corrected chi connectivity index (χ0v) is 15.9. The van der Waals surface area contributed by atoms with Gasteiger partial charge in [-0.05, 0) is 44.4 Å². The molecular weight excluding hydrogens is 304 g/mol. The van der Waals surface area contributed by atoms with E-state index in [9.17, 15) is 9.59 Å². The summed E-state index contributed by atoms with van der Waals surface area (Å²) in [6.07, 6.45) is 12.8. The molecule has 0 atom stereocenters. The van der Waals surface area contributed by atoms with Crippen molar-refractivity contribution in [3.63, 3.8) is 0 Å². The standard InChI is InChI=1S/C20H36O4/c1-4-5-6-7-8-9-10-16-23-19(21)14-11-15-20(22)24-17-12-13-18(2)3/h8-9,18H,4-7,10-17H2,1-3H3/b9-8-. The van der Waals surface area contributed by atoms with Gasteiger partial charge in [-0.2, -0.15) is 0 Å². The molecule has 0 heterocycles. The van der Waals surface area contributed by atoms with E-state index < -0.39 is 0 Å². The van der Waals surface area contributed by atoms with Crippen LogP contribution in [0.1, 0.15) is 85.0 Å². The number of carbonyl (C=O) groups excluding carboxylic acids is 2. The topological polar surface area (TPSA) is 52.6 Å². The average molecular weight is 341 g/mol. The Kier molecular flexibility index (Phi) is 15.6. The van der Waals surface area contributed by atoms with Gasteiger partial charge in [-0.25, -0.2) is 0 Å². The maximum Gasteiger partial charge on any atom is 0.305 e. The smallest absolute Gasteiger partial charge is 0.305 e. The molecule has 0 aromatic carbocycles. The average Bonchev–Trinajstić information content (AvgIpc) is 2.54. The molecule has 140 valence electrons. The number of allylic oxidation sites excluding steroid dienone is 1. The second-order valence-electron chi connectivity index (χ2n) is 6.59. The minimum absolute atomic E-state index is 0.221. The summed E-state index contributed by atoms with van der Waals surface area (Å²) >= 11 is 0. The summed E-state index contributed by atoms with van der Waals surface area (Å²) in [6.45, 7) is 7.38. The van der Waals surface area contributed by atoms with Gasteiger partial charge in [-0.1, -0.05) is 45.8 Å². The number of ether oxygens (including phenoxy) is 2.